The minimum absolute atomic E-state index is 0. The van der Waals surface area contributed by atoms with Gasteiger partial charge in [-0.05, 0) is 343 Å². The lowest BCUT2D eigenvalue weighted by molar-refractivity contribution is -0.239. The Kier molecular flexibility index (Phi) is 36.4. The number of hydrogen-bond donors (Lipinski definition) is 1. The number of thiophene rings is 1. The topological polar surface area (TPSA) is 244 Å². The van der Waals surface area contributed by atoms with Crippen molar-refractivity contribution in [2.45, 2.75) is 363 Å². The van der Waals surface area contributed by atoms with Crippen molar-refractivity contribution in [1.29, 1.82) is 0 Å². The fourth-order valence-electron chi connectivity index (χ4n) is 20.6. The molecular formula is C105H155F3O17S2. The smallest absolute Gasteiger partial charge is 0.426 e. The first-order valence-corrected chi connectivity index (χ1v) is 48.2. The van der Waals surface area contributed by atoms with Crippen molar-refractivity contribution in [3.05, 3.63) is 132 Å². The van der Waals surface area contributed by atoms with Crippen LogP contribution < -0.4 is 9.47 Å². The highest BCUT2D eigenvalue weighted by Crippen LogP contribution is 2.71. The number of benzene rings is 5. The third-order valence-electron chi connectivity index (χ3n) is 29.7. The molecule has 127 heavy (non-hydrogen) atoms. The van der Waals surface area contributed by atoms with E-state index in [1.54, 1.807) is 53.7 Å². The summed E-state index contributed by atoms with van der Waals surface area (Å²) in [6, 6.07) is 40.5. The zero-order chi connectivity index (χ0) is 90.6. The molecule has 5 aromatic carbocycles. The van der Waals surface area contributed by atoms with Crippen molar-refractivity contribution >= 4 is 76.6 Å². The number of carbonyl (C=O) groups excluding carboxylic acids is 6. The van der Waals surface area contributed by atoms with Crippen LogP contribution in [0, 0.1) is 88.3 Å². The first kappa shape index (κ1) is 108. The molecule has 9 saturated carbocycles. The highest BCUT2D eigenvalue weighted by atomic mass is 32.2. The van der Waals surface area contributed by atoms with E-state index in [0.717, 1.165) is 67.4 Å². The Hall–Kier alpha value is -7.56. The molecule has 9 aliphatic carbocycles. The molecule has 17 nitrogen and oxygen atoms in total. The van der Waals surface area contributed by atoms with E-state index in [-0.39, 0.29) is 117 Å². The Labute approximate surface area is 762 Å². The van der Waals surface area contributed by atoms with Crippen LogP contribution in [-0.2, 0) is 62.6 Å². The third-order valence-corrected chi connectivity index (χ3v) is 32.8. The minimum Gasteiger partial charge on any atom is -0.748 e. The number of phenolic OH excluding ortho intramolecular Hbond substituents is 1. The van der Waals surface area contributed by atoms with Gasteiger partial charge in [-0.25, -0.2) is 8.42 Å². The summed E-state index contributed by atoms with van der Waals surface area (Å²) in [5, 5.41) is 12.4. The number of fused-ring (bicyclic) bond motifs is 12. The van der Waals surface area contributed by atoms with Crippen molar-refractivity contribution in [2.24, 2.45) is 74.4 Å². The van der Waals surface area contributed by atoms with Crippen LogP contribution in [0.1, 0.15) is 325 Å². The van der Waals surface area contributed by atoms with Crippen LogP contribution in [0.25, 0.3) is 25.1 Å². The van der Waals surface area contributed by atoms with E-state index in [0.29, 0.717) is 67.2 Å². The van der Waals surface area contributed by atoms with Crippen LogP contribution in [0.5, 0.6) is 17.2 Å². The van der Waals surface area contributed by atoms with Gasteiger partial charge in [-0.1, -0.05) is 139 Å². The number of aromatic hydroxyl groups is 1. The van der Waals surface area contributed by atoms with Gasteiger partial charge in [0.2, 0.25) is 6.10 Å². The quantitative estimate of drug-likeness (QED) is 0.0166. The minimum atomic E-state index is -5.27. The van der Waals surface area contributed by atoms with Gasteiger partial charge in [-0.15, -0.1) is 0 Å². The predicted octanol–water partition coefficient (Wildman–Crippen LogP) is 27.1. The van der Waals surface area contributed by atoms with Crippen LogP contribution in [0.2, 0.25) is 0 Å². The molecule has 1 aromatic heterocycles. The van der Waals surface area contributed by atoms with Crippen molar-refractivity contribution < 1.29 is 93.2 Å². The number of ether oxygens (including phenoxy) is 7. The number of rotatable bonds is 22. The SMILES string of the molecule is C.C.C.C.CCC(C)(C)C(=O)OC1(C)CC(=O)OC1C.CCC(C)(C)C(=O)OC1(CC)CC2CC1C1C3CCC(C3)C21.CCC(C)(C)C(=O)OC12CC3CC(C1)CC(C(=O)OC(CS(=O)(=O)[O-])C(F)(F)F)(C3)C2.CCC(C)(C)C(=O)Oc1cc(C)c(O)c(C)c1.CCC(C)c1ccc(OC2(C)CCCCC2)cc1.c1ccc(-[s+]2c3ccccc3c3ccccc32)cc1. The highest BCUT2D eigenvalue weighted by Gasteiger charge is 2.69. The highest BCUT2D eigenvalue weighted by molar-refractivity contribution is 7.85. The number of cyclic esters (lactones) is 1. The van der Waals surface area contributed by atoms with Gasteiger partial charge in [-0.3, -0.25) is 28.8 Å². The van der Waals surface area contributed by atoms with Crippen LogP contribution in [-0.4, -0.2) is 100 Å². The molecule has 6 aromatic rings. The zero-order valence-corrected chi connectivity index (χ0v) is 78.4. The molecule has 0 spiro atoms. The van der Waals surface area contributed by atoms with Crippen LogP contribution in [0.3, 0.4) is 0 Å². The molecule has 1 N–H and O–H groups in total. The molecule has 8 bridgehead atoms. The van der Waals surface area contributed by atoms with Gasteiger partial charge in [0.25, 0.3) is 0 Å². The molecule has 0 radical (unpaired) electrons. The number of esters is 6. The number of aryl methyl sites for hydroxylation is 2. The summed E-state index contributed by atoms with van der Waals surface area (Å²) in [6.07, 6.45) is 12.4. The summed E-state index contributed by atoms with van der Waals surface area (Å²) in [5.74, 6) is 3.55. The second-order valence-corrected chi connectivity index (χ2v) is 43.8. The molecule has 710 valence electrons. The monoisotopic (exact) mass is 1810 g/mol. The Balaban J connectivity index is 0.000000237. The van der Waals surface area contributed by atoms with E-state index < -0.39 is 73.0 Å². The van der Waals surface area contributed by atoms with Crippen molar-refractivity contribution in [3.63, 3.8) is 0 Å². The molecule has 0 amide bonds. The third kappa shape index (κ3) is 25.0. The van der Waals surface area contributed by atoms with Crippen LogP contribution in [0.15, 0.2) is 115 Å². The number of hydrogen-bond acceptors (Lipinski definition) is 17. The van der Waals surface area contributed by atoms with E-state index in [4.69, 9.17) is 28.4 Å². The fourth-order valence-corrected chi connectivity index (χ4v) is 23.7. The molecule has 2 heterocycles. The molecule has 13 unspecified atom stereocenters. The summed E-state index contributed by atoms with van der Waals surface area (Å²) in [5.41, 5.74) is -2.34. The molecule has 22 heteroatoms. The molecule has 10 aliphatic rings. The van der Waals surface area contributed by atoms with Gasteiger partial charge in [0, 0.05) is 33.6 Å². The molecule has 1 aliphatic heterocycles. The number of phenols is 1. The summed E-state index contributed by atoms with van der Waals surface area (Å²) >= 11 is 0. The Morgan fingerprint density at radius 1 is 0.598 bits per heavy atom. The Morgan fingerprint density at radius 3 is 1.55 bits per heavy atom. The molecule has 16 rings (SSSR count). The van der Waals surface area contributed by atoms with E-state index in [1.807, 2.05) is 62.3 Å². The van der Waals surface area contributed by atoms with Gasteiger partial charge in [0.1, 0.15) is 40.2 Å². The average molecular weight is 1810 g/mol. The van der Waals surface area contributed by atoms with Gasteiger partial charge in [0.05, 0.1) is 49.4 Å². The van der Waals surface area contributed by atoms with E-state index in [9.17, 15) is 60.0 Å². The molecular weight excluding hydrogens is 1650 g/mol. The summed E-state index contributed by atoms with van der Waals surface area (Å²) in [7, 11) is -5.21. The number of alkyl halides is 3. The van der Waals surface area contributed by atoms with Crippen molar-refractivity contribution in [2.75, 3.05) is 5.75 Å². The number of halogens is 3. The maximum absolute atomic E-state index is 13.3. The maximum atomic E-state index is 13.3. The predicted molar refractivity (Wildman–Crippen MR) is 503 cm³/mol. The van der Waals surface area contributed by atoms with Crippen molar-refractivity contribution in [3.8, 4) is 22.1 Å². The van der Waals surface area contributed by atoms with Crippen LogP contribution >= 0.6 is 10.5 Å². The second-order valence-electron chi connectivity index (χ2n) is 40.4. The average Bonchev–Trinajstić information content (AvgIpc) is 1.53. The zero-order valence-electron chi connectivity index (χ0n) is 76.7. The Bertz CT molecular complexity index is 4720. The van der Waals surface area contributed by atoms with Gasteiger partial charge < -0.3 is 42.8 Å². The summed E-state index contributed by atoms with van der Waals surface area (Å²) in [4.78, 5) is 74.8. The molecule has 1 saturated heterocycles. The first-order valence-electron chi connectivity index (χ1n) is 45.4. The van der Waals surface area contributed by atoms with Gasteiger partial charge in [-0.2, -0.15) is 13.2 Å². The number of carbonyl (C=O) groups is 6. The first-order chi connectivity index (χ1) is 57.5. The van der Waals surface area contributed by atoms with Crippen LogP contribution in [0.4, 0.5) is 13.2 Å². The van der Waals surface area contributed by atoms with Gasteiger partial charge in [0.15, 0.2) is 19.9 Å². The van der Waals surface area contributed by atoms with Gasteiger partial charge >= 0.3 is 42.0 Å². The Morgan fingerprint density at radius 2 is 1.08 bits per heavy atom. The second kappa shape index (κ2) is 42.8. The largest absolute Gasteiger partial charge is 0.748 e. The van der Waals surface area contributed by atoms with E-state index in [2.05, 4.69) is 142 Å². The van der Waals surface area contributed by atoms with E-state index >= 15 is 0 Å². The lowest BCUT2D eigenvalue weighted by Gasteiger charge is -2.60. The summed E-state index contributed by atoms with van der Waals surface area (Å²) in [6.45, 7) is 38.8. The lowest BCUT2D eigenvalue weighted by Crippen LogP contribution is -2.61. The molecule has 10 fully saturated rings. The normalized spacial score (nSPS) is 26.6. The van der Waals surface area contributed by atoms with Crippen molar-refractivity contribution in [1.82, 2.24) is 0 Å². The standard InChI is InChI=1S/C20H29F3O7S.C20H32O2.C18H13S.C17H26O.C14H20O3.C12H20O4.4CH4/c1-4-17(2,3)15(24)30-19-8-12-5-13(9-19)7-18(6-12,11-19)16(25)29-14(20(21,22)23)10-31(26,27)28;1-5-19(3,4)18(21)22-20(6-2)11-14-10-15(20)17-13-8-7-12(9-13)16(14)17;1-2-8-14(9-3-1)19-17-12-6-4-10-15(17)16-11-5-7-13-18(16)19;1-4-14(2)15-8-10-16(11-9-15)18-17(3)12-6-5-7-13-17;1-6-14(4,5)13(16)17-11-7-9(2)12(15)10(3)8-11;1-6-11(3,4)10(14)16-12(5)7-9(13)15-8(12)2;;;;/h12-14H,4-11H2,1-3H3,(H,26,27,28);12-17H,5-11H2,1-4H3;1-13H;8-11,14H,4-7,12-13H2,1-3H3;7-8,15H,6H2,1-5H3;8H,6-7H2,1-5H3;4*1H4/q;;+1;;;;;;;/p-1. The molecule has 13 atom stereocenters. The van der Waals surface area contributed by atoms with E-state index in [1.165, 1.54) is 94.8 Å². The fraction of sp³-hybridized carbons (Fsp3) is 0.657. The maximum Gasteiger partial charge on any atom is 0.426 e. The lowest BCUT2D eigenvalue weighted by atomic mass is 9.48. The summed E-state index contributed by atoms with van der Waals surface area (Å²) < 4.78 is 114.